The van der Waals surface area contributed by atoms with Gasteiger partial charge >= 0.3 is 0 Å². The van der Waals surface area contributed by atoms with Gasteiger partial charge in [-0.3, -0.25) is 0 Å². The molecule has 0 fully saturated rings. The van der Waals surface area contributed by atoms with Crippen LogP contribution in [-0.4, -0.2) is 6.21 Å². The van der Waals surface area contributed by atoms with Gasteiger partial charge in [0.1, 0.15) is 0 Å². The molecule has 0 unspecified atom stereocenters. The van der Waals surface area contributed by atoms with Gasteiger partial charge in [-0.15, -0.1) is 0 Å². The summed E-state index contributed by atoms with van der Waals surface area (Å²) in [5.41, 5.74) is 2.27. The summed E-state index contributed by atoms with van der Waals surface area (Å²) >= 11 is 0. The molecule has 0 bridgehead atoms. The Morgan fingerprint density at radius 1 is 1.42 bits per heavy atom. The molecule has 0 radical (unpaired) electrons. The Kier molecular flexibility index (Phi) is 3.08. The molecule has 0 atom stereocenters. The molecule has 0 heterocycles. The minimum atomic E-state index is 1.05. The summed E-state index contributed by atoms with van der Waals surface area (Å²) in [7, 11) is 0. The molecule has 0 spiro atoms. The lowest BCUT2D eigenvalue weighted by Crippen LogP contribution is -1.86. The highest BCUT2D eigenvalue weighted by Gasteiger charge is 1.86. The van der Waals surface area contributed by atoms with Crippen molar-refractivity contribution in [3.05, 3.63) is 42.1 Å². The first-order valence-corrected chi connectivity index (χ1v) is 3.82. The van der Waals surface area contributed by atoms with E-state index in [9.17, 15) is 0 Å². The van der Waals surface area contributed by atoms with Gasteiger partial charge in [-0.1, -0.05) is 12.1 Å². The lowest BCUT2D eigenvalue weighted by atomic mass is 10.2. The van der Waals surface area contributed by atoms with Crippen LogP contribution in [0.5, 0.6) is 0 Å². The molecule has 2 N–H and O–H groups in total. The van der Waals surface area contributed by atoms with E-state index in [1.165, 1.54) is 11.8 Å². The normalized spacial score (nSPS) is 10.1. The van der Waals surface area contributed by atoms with Crippen molar-refractivity contribution in [3.8, 4) is 0 Å². The second-order valence-electron chi connectivity index (χ2n) is 2.54. The van der Waals surface area contributed by atoms with Crippen LogP contribution < -0.4 is 5.32 Å². The topological polar surface area (TPSA) is 35.9 Å². The van der Waals surface area contributed by atoms with E-state index in [4.69, 9.17) is 5.41 Å². The Morgan fingerprint density at radius 2 is 2.25 bits per heavy atom. The molecule has 1 aromatic carbocycles. The number of hydrogen-bond acceptors (Lipinski definition) is 2. The smallest absolute Gasteiger partial charge is 0.0382 e. The van der Waals surface area contributed by atoms with Crippen molar-refractivity contribution in [1.29, 1.82) is 5.41 Å². The third-order valence-corrected chi connectivity index (χ3v) is 1.46. The van der Waals surface area contributed by atoms with Crippen molar-refractivity contribution >= 4 is 11.9 Å². The van der Waals surface area contributed by atoms with Crippen molar-refractivity contribution in [2.24, 2.45) is 0 Å². The second kappa shape index (κ2) is 4.34. The zero-order valence-corrected chi connectivity index (χ0v) is 7.04. The van der Waals surface area contributed by atoms with E-state index in [0.717, 1.165) is 5.69 Å². The quantitative estimate of drug-likeness (QED) is 0.655. The zero-order valence-electron chi connectivity index (χ0n) is 7.04. The van der Waals surface area contributed by atoms with E-state index in [-0.39, 0.29) is 0 Å². The predicted octanol–water partition coefficient (Wildman–Crippen LogP) is 2.57. The van der Waals surface area contributed by atoms with Gasteiger partial charge in [-0.25, -0.2) is 0 Å². The Labute approximate surface area is 72.4 Å². The molecule has 2 heteroatoms. The van der Waals surface area contributed by atoms with Crippen molar-refractivity contribution in [2.75, 3.05) is 5.32 Å². The van der Waals surface area contributed by atoms with Gasteiger partial charge in [-0.05, 0) is 30.7 Å². The first-order valence-electron chi connectivity index (χ1n) is 3.82. The van der Waals surface area contributed by atoms with Crippen LogP contribution in [0.15, 0.2) is 36.5 Å². The summed E-state index contributed by atoms with van der Waals surface area (Å²) < 4.78 is 0. The molecule has 0 saturated heterocycles. The fourth-order valence-corrected chi connectivity index (χ4v) is 0.927. The molecular formula is C10H12N2. The molecule has 0 aliphatic rings. The molecule has 0 amide bonds. The van der Waals surface area contributed by atoms with Gasteiger partial charge in [0.25, 0.3) is 0 Å². The van der Waals surface area contributed by atoms with Crippen LogP contribution in [0.25, 0.3) is 0 Å². The average Bonchev–Trinajstić information content (AvgIpc) is 2.05. The van der Waals surface area contributed by atoms with E-state index in [0.29, 0.717) is 0 Å². The molecule has 1 aromatic rings. The highest BCUT2D eigenvalue weighted by Crippen LogP contribution is 2.08. The number of nitrogens with one attached hydrogen (secondary N) is 2. The maximum Gasteiger partial charge on any atom is 0.0382 e. The number of hydrogen-bond donors (Lipinski definition) is 2. The minimum Gasteiger partial charge on any atom is -0.362 e. The Balaban J connectivity index is 2.63. The van der Waals surface area contributed by atoms with Gasteiger partial charge < -0.3 is 10.7 Å². The van der Waals surface area contributed by atoms with Crippen molar-refractivity contribution in [1.82, 2.24) is 0 Å². The average molecular weight is 160 g/mol. The predicted molar refractivity (Wildman–Crippen MR) is 52.7 cm³/mol. The van der Waals surface area contributed by atoms with Crippen LogP contribution >= 0.6 is 0 Å². The Bertz CT molecular complexity index is 290. The van der Waals surface area contributed by atoms with Crippen LogP contribution in [0, 0.1) is 12.3 Å². The number of allylic oxidation sites excluding steroid dienone is 1. The fourth-order valence-electron chi connectivity index (χ4n) is 0.927. The Hall–Kier alpha value is -1.57. The van der Waals surface area contributed by atoms with Crippen molar-refractivity contribution in [3.63, 3.8) is 0 Å². The monoisotopic (exact) mass is 160 g/mol. The molecule has 0 aliphatic carbocycles. The summed E-state index contributed by atoms with van der Waals surface area (Å²) in [6, 6.07) is 8.08. The van der Waals surface area contributed by atoms with Crippen molar-refractivity contribution in [2.45, 2.75) is 6.92 Å². The molecule has 1 rings (SSSR count). The molecule has 0 saturated carbocycles. The van der Waals surface area contributed by atoms with E-state index in [1.807, 2.05) is 31.2 Å². The van der Waals surface area contributed by atoms with Crippen molar-refractivity contribution < 1.29 is 0 Å². The molecule has 0 aliphatic heterocycles. The SMILES string of the molecule is Cc1cccc(N/C=C\C=N)c1. The molecular weight excluding hydrogens is 148 g/mol. The van der Waals surface area contributed by atoms with Crippen LogP contribution in [0.3, 0.4) is 0 Å². The molecule has 0 aromatic heterocycles. The Morgan fingerprint density at radius 3 is 2.92 bits per heavy atom. The lowest BCUT2D eigenvalue weighted by molar-refractivity contribution is 1.45. The van der Waals surface area contributed by atoms with Crippen LogP contribution in [0.1, 0.15) is 5.56 Å². The van der Waals surface area contributed by atoms with Gasteiger partial charge in [0.15, 0.2) is 0 Å². The third-order valence-electron chi connectivity index (χ3n) is 1.46. The minimum absolute atomic E-state index is 1.05. The summed E-state index contributed by atoms with van der Waals surface area (Å²) in [4.78, 5) is 0. The standard InChI is InChI=1S/C10H12N2/c1-9-4-2-5-10(8-9)12-7-3-6-11/h2-8,11-12H,1H3/b7-3-,11-6?. The van der Waals surface area contributed by atoms with Crippen LogP contribution in [-0.2, 0) is 0 Å². The highest BCUT2D eigenvalue weighted by molar-refractivity contribution is 5.68. The largest absolute Gasteiger partial charge is 0.362 e. The first kappa shape index (κ1) is 8.53. The lowest BCUT2D eigenvalue weighted by Gasteiger charge is -2.00. The summed E-state index contributed by atoms with van der Waals surface area (Å²) in [5.74, 6) is 0. The fraction of sp³-hybridized carbons (Fsp3) is 0.100. The van der Waals surface area contributed by atoms with Gasteiger partial charge in [0.05, 0.1) is 0 Å². The van der Waals surface area contributed by atoms with Gasteiger partial charge in [-0.2, -0.15) is 0 Å². The summed E-state index contributed by atoms with van der Waals surface area (Å²) in [6.07, 6.45) is 4.62. The first-order chi connectivity index (χ1) is 5.83. The second-order valence-corrected chi connectivity index (χ2v) is 2.54. The number of anilines is 1. The third kappa shape index (κ3) is 2.58. The van der Waals surface area contributed by atoms with E-state index in [2.05, 4.69) is 5.32 Å². The number of aryl methyl sites for hydroxylation is 1. The zero-order chi connectivity index (χ0) is 8.81. The van der Waals surface area contributed by atoms with Gasteiger partial charge in [0, 0.05) is 18.1 Å². The maximum atomic E-state index is 6.76. The highest BCUT2D eigenvalue weighted by atomic mass is 14.8. The van der Waals surface area contributed by atoms with E-state index >= 15 is 0 Å². The van der Waals surface area contributed by atoms with E-state index < -0.39 is 0 Å². The van der Waals surface area contributed by atoms with Crippen LogP contribution in [0.4, 0.5) is 5.69 Å². The molecule has 62 valence electrons. The van der Waals surface area contributed by atoms with Gasteiger partial charge in [0.2, 0.25) is 0 Å². The molecule has 2 nitrogen and oxygen atoms in total. The maximum absolute atomic E-state index is 6.76. The number of rotatable bonds is 3. The number of benzene rings is 1. The molecule has 12 heavy (non-hydrogen) atoms. The van der Waals surface area contributed by atoms with Crippen LogP contribution in [0.2, 0.25) is 0 Å². The summed E-state index contributed by atoms with van der Waals surface area (Å²) in [5, 5.41) is 9.81. The van der Waals surface area contributed by atoms with E-state index in [1.54, 1.807) is 12.3 Å². The summed E-state index contributed by atoms with van der Waals surface area (Å²) in [6.45, 7) is 2.05.